The first-order chi connectivity index (χ1) is 11.1. The van der Waals surface area contributed by atoms with Gasteiger partial charge in [-0.1, -0.05) is 6.07 Å². The molecule has 3 aromatic rings. The molecule has 0 saturated carbocycles. The van der Waals surface area contributed by atoms with Crippen molar-refractivity contribution in [2.24, 2.45) is 0 Å². The molecule has 0 bridgehead atoms. The van der Waals surface area contributed by atoms with Crippen LogP contribution in [-0.2, 0) is 0 Å². The lowest BCUT2D eigenvalue weighted by atomic mass is 10.1. The largest absolute Gasteiger partial charge is 0.345 e. The van der Waals surface area contributed by atoms with Crippen LogP contribution in [0.25, 0.3) is 5.69 Å². The molecule has 3 rings (SSSR count). The molecule has 1 N–H and O–H groups in total. The zero-order valence-electron chi connectivity index (χ0n) is 12.8. The van der Waals surface area contributed by atoms with E-state index in [9.17, 15) is 9.18 Å². The van der Waals surface area contributed by atoms with Crippen molar-refractivity contribution in [1.82, 2.24) is 15.1 Å². The number of hydrogen-bond acceptors (Lipinski definition) is 3. The predicted molar refractivity (Wildman–Crippen MR) is 88.5 cm³/mol. The molecule has 0 aliphatic heterocycles. The van der Waals surface area contributed by atoms with E-state index in [1.807, 2.05) is 25.3 Å². The molecule has 0 aliphatic rings. The van der Waals surface area contributed by atoms with E-state index >= 15 is 0 Å². The third-order valence-corrected chi connectivity index (χ3v) is 4.55. The molecule has 0 fully saturated rings. The van der Waals surface area contributed by atoms with E-state index in [2.05, 4.69) is 10.4 Å². The first-order valence-electron chi connectivity index (χ1n) is 7.21. The Balaban J connectivity index is 1.81. The monoisotopic (exact) mass is 329 g/mol. The first kappa shape index (κ1) is 15.4. The van der Waals surface area contributed by atoms with Gasteiger partial charge in [0.15, 0.2) is 0 Å². The summed E-state index contributed by atoms with van der Waals surface area (Å²) in [5.74, 6) is -0.378. The van der Waals surface area contributed by atoms with Gasteiger partial charge >= 0.3 is 0 Å². The Bertz CT molecular complexity index is 809. The highest BCUT2D eigenvalue weighted by atomic mass is 32.1. The molecule has 0 radical (unpaired) electrons. The molecular weight excluding hydrogens is 313 g/mol. The summed E-state index contributed by atoms with van der Waals surface area (Å²) in [6.07, 6.45) is 1.73. The van der Waals surface area contributed by atoms with Crippen molar-refractivity contribution in [3.8, 4) is 5.69 Å². The molecule has 4 nitrogen and oxygen atoms in total. The highest BCUT2D eigenvalue weighted by molar-refractivity contribution is 7.12. The van der Waals surface area contributed by atoms with E-state index < -0.39 is 0 Å². The number of hydrogen-bond donors (Lipinski definition) is 1. The van der Waals surface area contributed by atoms with Gasteiger partial charge in [-0.15, -0.1) is 11.3 Å². The number of nitrogens with one attached hydrogen (secondary N) is 1. The normalized spacial score (nSPS) is 12.1. The van der Waals surface area contributed by atoms with Crippen molar-refractivity contribution in [3.63, 3.8) is 0 Å². The van der Waals surface area contributed by atoms with Crippen molar-refractivity contribution in [1.29, 1.82) is 0 Å². The number of carbonyl (C=O) groups excluding carboxylic acids is 1. The second-order valence-electron chi connectivity index (χ2n) is 5.25. The molecule has 2 heterocycles. The van der Waals surface area contributed by atoms with Gasteiger partial charge in [-0.25, -0.2) is 9.07 Å². The SMILES string of the molecule is Cc1c(C(C)NC(=O)c2cccs2)cnn1-c1ccc(F)cc1. The number of amides is 1. The Kier molecular flexibility index (Phi) is 4.25. The van der Waals surface area contributed by atoms with Crippen LogP contribution in [0.15, 0.2) is 48.0 Å². The Morgan fingerprint density at radius 1 is 1.30 bits per heavy atom. The zero-order valence-corrected chi connectivity index (χ0v) is 13.6. The van der Waals surface area contributed by atoms with Gasteiger partial charge in [0, 0.05) is 11.3 Å². The summed E-state index contributed by atoms with van der Waals surface area (Å²) in [6, 6.07) is 9.63. The summed E-state index contributed by atoms with van der Waals surface area (Å²) < 4.78 is 14.8. The number of rotatable bonds is 4. The Hall–Kier alpha value is -2.47. The van der Waals surface area contributed by atoms with Crippen LogP contribution in [0.4, 0.5) is 4.39 Å². The number of benzene rings is 1. The highest BCUT2D eigenvalue weighted by Gasteiger charge is 2.17. The van der Waals surface area contributed by atoms with Crippen LogP contribution in [-0.4, -0.2) is 15.7 Å². The number of nitrogens with zero attached hydrogens (tertiary/aromatic N) is 2. The number of thiophene rings is 1. The van der Waals surface area contributed by atoms with Gasteiger partial charge in [0.25, 0.3) is 5.91 Å². The van der Waals surface area contributed by atoms with Crippen molar-refractivity contribution < 1.29 is 9.18 Å². The minimum atomic E-state index is -0.282. The molecule has 6 heteroatoms. The summed E-state index contributed by atoms with van der Waals surface area (Å²) in [4.78, 5) is 12.8. The lowest BCUT2D eigenvalue weighted by Crippen LogP contribution is -2.26. The van der Waals surface area contributed by atoms with Crippen LogP contribution in [0, 0.1) is 12.7 Å². The summed E-state index contributed by atoms with van der Waals surface area (Å²) in [6.45, 7) is 3.85. The summed E-state index contributed by atoms with van der Waals surface area (Å²) >= 11 is 1.41. The highest BCUT2D eigenvalue weighted by Crippen LogP contribution is 2.21. The maximum atomic E-state index is 13.0. The molecule has 118 valence electrons. The van der Waals surface area contributed by atoms with Crippen molar-refractivity contribution in [2.75, 3.05) is 0 Å². The van der Waals surface area contributed by atoms with Gasteiger partial charge in [-0.2, -0.15) is 5.10 Å². The number of carbonyl (C=O) groups is 1. The fourth-order valence-electron chi connectivity index (χ4n) is 2.44. The minimum absolute atomic E-state index is 0.0959. The number of halogens is 1. The minimum Gasteiger partial charge on any atom is -0.345 e. The lowest BCUT2D eigenvalue weighted by molar-refractivity contribution is 0.0944. The van der Waals surface area contributed by atoms with Crippen LogP contribution in [0.2, 0.25) is 0 Å². The van der Waals surface area contributed by atoms with E-state index in [0.717, 1.165) is 16.9 Å². The fourth-order valence-corrected chi connectivity index (χ4v) is 3.07. The molecule has 0 aliphatic carbocycles. The maximum absolute atomic E-state index is 13.0. The second-order valence-corrected chi connectivity index (χ2v) is 6.19. The molecule has 0 spiro atoms. The molecular formula is C17H16FN3OS. The molecule has 1 amide bonds. The average molecular weight is 329 g/mol. The predicted octanol–water partition coefficient (Wildman–Crippen LogP) is 3.87. The molecule has 1 atom stereocenters. The van der Waals surface area contributed by atoms with E-state index in [4.69, 9.17) is 0 Å². The molecule has 23 heavy (non-hydrogen) atoms. The van der Waals surface area contributed by atoms with Crippen LogP contribution in [0.1, 0.15) is 33.9 Å². The van der Waals surface area contributed by atoms with Gasteiger partial charge in [0.1, 0.15) is 5.82 Å². The topological polar surface area (TPSA) is 46.9 Å². The number of aromatic nitrogens is 2. The van der Waals surface area contributed by atoms with E-state index in [0.29, 0.717) is 4.88 Å². The Morgan fingerprint density at radius 3 is 2.70 bits per heavy atom. The van der Waals surface area contributed by atoms with Gasteiger partial charge in [-0.05, 0) is 49.6 Å². The lowest BCUT2D eigenvalue weighted by Gasteiger charge is -2.13. The van der Waals surface area contributed by atoms with Crippen molar-refractivity contribution >= 4 is 17.2 Å². The third kappa shape index (κ3) is 3.17. The van der Waals surface area contributed by atoms with Crippen molar-refractivity contribution in [3.05, 3.63) is 69.9 Å². The van der Waals surface area contributed by atoms with Crippen molar-refractivity contribution in [2.45, 2.75) is 19.9 Å². The molecule has 1 aromatic carbocycles. The van der Waals surface area contributed by atoms with E-state index in [1.165, 1.54) is 23.5 Å². The van der Waals surface area contributed by atoms with Crippen LogP contribution in [0.3, 0.4) is 0 Å². The van der Waals surface area contributed by atoms with Crippen LogP contribution < -0.4 is 5.32 Å². The second kappa shape index (κ2) is 6.34. The molecule has 1 unspecified atom stereocenters. The van der Waals surface area contributed by atoms with E-state index in [-0.39, 0.29) is 17.8 Å². The first-order valence-corrected chi connectivity index (χ1v) is 8.09. The van der Waals surface area contributed by atoms with Gasteiger partial charge in [-0.3, -0.25) is 4.79 Å². The quantitative estimate of drug-likeness (QED) is 0.790. The zero-order chi connectivity index (χ0) is 16.4. The Morgan fingerprint density at radius 2 is 2.04 bits per heavy atom. The fraction of sp³-hybridized carbons (Fsp3) is 0.176. The van der Waals surface area contributed by atoms with Gasteiger partial charge < -0.3 is 5.32 Å². The van der Waals surface area contributed by atoms with Gasteiger partial charge in [0.05, 0.1) is 22.8 Å². The molecule has 2 aromatic heterocycles. The average Bonchev–Trinajstić information content (AvgIpc) is 3.18. The third-order valence-electron chi connectivity index (χ3n) is 3.68. The maximum Gasteiger partial charge on any atom is 0.261 e. The molecule has 0 saturated heterocycles. The summed E-state index contributed by atoms with van der Waals surface area (Å²) in [7, 11) is 0. The summed E-state index contributed by atoms with van der Waals surface area (Å²) in [5, 5.41) is 9.20. The van der Waals surface area contributed by atoms with E-state index in [1.54, 1.807) is 29.1 Å². The summed E-state index contributed by atoms with van der Waals surface area (Å²) in [5.41, 5.74) is 2.63. The Labute approximate surface area is 137 Å². The standard InChI is InChI=1S/C17H16FN3OS/c1-11(20-17(22)16-4-3-9-23-16)15-10-19-21(12(15)2)14-7-5-13(18)6-8-14/h3-11H,1-2H3,(H,20,22). The smallest absolute Gasteiger partial charge is 0.261 e. The van der Waals surface area contributed by atoms with Crippen LogP contribution >= 0.6 is 11.3 Å². The van der Waals surface area contributed by atoms with Gasteiger partial charge in [0.2, 0.25) is 0 Å². The van der Waals surface area contributed by atoms with Crippen LogP contribution in [0.5, 0.6) is 0 Å².